The minimum atomic E-state index is -0.723. The lowest BCUT2D eigenvalue weighted by Crippen LogP contribution is -2.40. The number of thiazole rings is 1. The minimum absolute atomic E-state index is 0.000836. The van der Waals surface area contributed by atoms with Crippen molar-refractivity contribution >= 4 is 33.1 Å². The number of aromatic nitrogens is 1. The molecule has 1 N–H and O–H groups in total. The van der Waals surface area contributed by atoms with Gasteiger partial charge in [-0.05, 0) is 44.2 Å². The molecule has 4 rings (SSSR count). The van der Waals surface area contributed by atoms with Crippen molar-refractivity contribution in [1.82, 2.24) is 4.57 Å². The van der Waals surface area contributed by atoms with Crippen LogP contribution in [0.4, 0.5) is 5.69 Å². The molecule has 6 nitrogen and oxygen atoms in total. The molecule has 26 heavy (non-hydrogen) atoms. The Morgan fingerprint density at radius 2 is 2.00 bits per heavy atom. The van der Waals surface area contributed by atoms with Gasteiger partial charge >= 0.3 is 4.87 Å². The average molecular weight is 370 g/mol. The highest BCUT2D eigenvalue weighted by molar-refractivity contribution is 7.16. The number of hydrogen-bond acceptors (Lipinski definition) is 5. The molecule has 0 aliphatic carbocycles. The zero-order valence-electron chi connectivity index (χ0n) is 14.4. The molecule has 1 aliphatic heterocycles. The smallest absolute Gasteiger partial charge is 0.308 e. The summed E-state index contributed by atoms with van der Waals surface area (Å²) in [5.41, 5.74) is 1.50. The lowest BCUT2D eigenvalue weighted by molar-refractivity contribution is -0.125. The first kappa shape index (κ1) is 16.7. The van der Waals surface area contributed by atoms with Crippen LogP contribution in [0.1, 0.15) is 19.9 Å². The molecule has 7 heteroatoms. The van der Waals surface area contributed by atoms with Crippen molar-refractivity contribution in [2.45, 2.75) is 26.0 Å². The first-order valence-corrected chi connectivity index (χ1v) is 9.19. The standard InChI is InChI=1S/C19H18N2O4S/c1-11(2)21-13-8-7-12(9-17(13)26-19(21)23)20-18(22)16-10-24-14-5-3-4-6-15(14)25-16/h3-9,11,16H,10H2,1-2H3,(H,20,22)/t16-/m0/s1. The highest BCUT2D eigenvalue weighted by Gasteiger charge is 2.27. The van der Waals surface area contributed by atoms with Crippen LogP contribution in [0.15, 0.2) is 47.3 Å². The van der Waals surface area contributed by atoms with Crippen LogP contribution in [-0.2, 0) is 4.79 Å². The van der Waals surface area contributed by atoms with Crippen LogP contribution in [0.3, 0.4) is 0 Å². The summed E-state index contributed by atoms with van der Waals surface area (Å²) in [6.07, 6.45) is -0.723. The summed E-state index contributed by atoms with van der Waals surface area (Å²) in [5, 5.41) is 2.84. The Balaban J connectivity index is 1.54. The predicted molar refractivity (Wildman–Crippen MR) is 101 cm³/mol. The largest absolute Gasteiger partial charge is 0.485 e. The summed E-state index contributed by atoms with van der Waals surface area (Å²) in [6.45, 7) is 4.10. The van der Waals surface area contributed by atoms with Gasteiger partial charge in [-0.3, -0.25) is 14.2 Å². The van der Waals surface area contributed by atoms with Crippen molar-refractivity contribution in [3.05, 3.63) is 52.1 Å². The Hall–Kier alpha value is -2.80. The predicted octanol–water partition coefficient (Wildman–Crippen LogP) is 3.42. The van der Waals surface area contributed by atoms with Crippen molar-refractivity contribution < 1.29 is 14.3 Å². The molecule has 1 atom stereocenters. The third kappa shape index (κ3) is 2.94. The van der Waals surface area contributed by atoms with E-state index in [1.165, 1.54) is 11.3 Å². The number of amides is 1. The molecule has 2 heterocycles. The maximum Gasteiger partial charge on any atom is 0.308 e. The van der Waals surface area contributed by atoms with Crippen molar-refractivity contribution in [1.29, 1.82) is 0 Å². The second-order valence-electron chi connectivity index (χ2n) is 6.37. The van der Waals surface area contributed by atoms with Gasteiger partial charge in [-0.2, -0.15) is 0 Å². The summed E-state index contributed by atoms with van der Waals surface area (Å²) in [4.78, 5) is 24.6. The van der Waals surface area contributed by atoms with Crippen LogP contribution >= 0.6 is 11.3 Å². The third-order valence-electron chi connectivity index (χ3n) is 4.20. The van der Waals surface area contributed by atoms with Gasteiger partial charge in [0.05, 0.1) is 10.2 Å². The van der Waals surface area contributed by atoms with Crippen LogP contribution in [-0.4, -0.2) is 23.2 Å². The fraction of sp³-hybridized carbons (Fsp3) is 0.263. The molecule has 1 amide bonds. The fourth-order valence-electron chi connectivity index (χ4n) is 2.97. The lowest BCUT2D eigenvalue weighted by Gasteiger charge is -2.25. The van der Waals surface area contributed by atoms with Gasteiger partial charge in [0, 0.05) is 11.7 Å². The summed E-state index contributed by atoms with van der Waals surface area (Å²) in [7, 11) is 0. The molecule has 0 spiro atoms. The van der Waals surface area contributed by atoms with E-state index < -0.39 is 6.10 Å². The van der Waals surface area contributed by atoms with Gasteiger partial charge in [-0.25, -0.2) is 0 Å². The third-order valence-corrected chi connectivity index (χ3v) is 5.12. The second-order valence-corrected chi connectivity index (χ2v) is 7.36. The van der Waals surface area contributed by atoms with E-state index >= 15 is 0 Å². The van der Waals surface area contributed by atoms with E-state index in [9.17, 15) is 9.59 Å². The number of para-hydroxylation sites is 2. The van der Waals surface area contributed by atoms with Gasteiger partial charge in [0.1, 0.15) is 6.61 Å². The Morgan fingerprint density at radius 1 is 1.23 bits per heavy atom. The number of anilines is 1. The molecule has 0 saturated carbocycles. The summed E-state index contributed by atoms with van der Waals surface area (Å²) < 4.78 is 13.9. The van der Waals surface area contributed by atoms with Crippen LogP contribution in [0, 0.1) is 0 Å². The maximum atomic E-state index is 12.5. The van der Waals surface area contributed by atoms with Crippen LogP contribution in [0.5, 0.6) is 11.5 Å². The van der Waals surface area contributed by atoms with Crippen molar-refractivity contribution in [2.24, 2.45) is 0 Å². The lowest BCUT2D eigenvalue weighted by atomic mass is 10.2. The average Bonchev–Trinajstić information content (AvgIpc) is 2.96. The van der Waals surface area contributed by atoms with E-state index in [0.29, 0.717) is 17.2 Å². The summed E-state index contributed by atoms with van der Waals surface area (Å²) >= 11 is 1.17. The molecule has 1 aromatic heterocycles. The molecule has 3 aromatic rings. The monoisotopic (exact) mass is 370 g/mol. The number of carbonyl (C=O) groups is 1. The first-order chi connectivity index (χ1) is 12.5. The molecule has 0 fully saturated rings. The highest BCUT2D eigenvalue weighted by atomic mass is 32.1. The van der Waals surface area contributed by atoms with E-state index in [-0.39, 0.29) is 23.4 Å². The zero-order chi connectivity index (χ0) is 18.3. The number of carbonyl (C=O) groups excluding carboxylic acids is 1. The maximum absolute atomic E-state index is 12.5. The quantitative estimate of drug-likeness (QED) is 0.767. The van der Waals surface area contributed by atoms with Gasteiger partial charge in [-0.15, -0.1) is 0 Å². The first-order valence-electron chi connectivity index (χ1n) is 8.37. The molecule has 0 saturated heterocycles. The van der Waals surface area contributed by atoms with Crippen LogP contribution in [0.25, 0.3) is 10.2 Å². The summed E-state index contributed by atoms with van der Waals surface area (Å²) in [6, 6.07) is 12.8. The van der Waals surface area contributed by atoms with E-state index in [0.717, 1.165) is 10.2 Å². The number of hydrogen-bond donors (Lipinski definition) is 1. The van der Waals surface area contributed by atoms with Gasteiger partial charge in [-0.1, -0.05) is 23.5 Å². The fourth-order valence-corrected chi connectivity index (χ4v) is 4.03. The number of ether oxygens (including phenoxy) is 2. The van der Waals surface area contributed by atoms with E-state index in [1.807, 2.05) is 38.1 Å². The molecule has 134 valence electrons. The Kier molecular flexibility index (Phi) is 4.16. The molecular weight excluding hydrogens is 352 g/mol. The van der Waals surface area contributed by atoms with Crippen molar-refractivity contribution in [3.63, 3.8) is 0 Å². The van der Waals surface area contributed by atoms with E-state index in [4.69, 9.17) is 9.47 Å². The van der Waals surface area contributed by atoms with Crippen LogP contribution in [0.2, 0.25) is 0 Å². The molecule has 2 aromatic carbocycles. The van der Waals surface area contributed by atoms with Crippen molar-refractivity contribution in [2.75, 3.05) is 11.9 Å². The molecule has 0 bridgehead atoms. The number of rotatable bonds is 3. The Morgan fingerprint density at radius 3 is 2.77 bits per heavy atom. The Bertz CT molecular complexity index is 1040. The Labute approximate surface area is 154 Å². The molecule has 0 unspecified atom stereocenters. The topological polar surface area (TPSA) is 69.6 Å². The summed E-state index contributed by atoms with van der Waals surface area (Å²) in [5.74, 6) is 0.911. The molecule has 0 radical (unpaired) electrons. The van der Waals surface area contributed by atoms with Gasteiger partial charge in [0.15, 0.2) is 11.5 Å². The second kappa shape index (κ2) is 6.49. The number of benzene rings is 2. The van der Waals surface area contributed by atoms with Gasteiger partial charge in [0.25, 0.3) is 5.91 Å². The number of fused-ring (bicyclic) bond motifs is 2. The van der Waals surface area contributed by atoms with E-state index in [1.54, 1.807) is 22.8 Å². The minimum Gasteiger partial charge on any atom is -0.485 e. The number of nitrogens with one attached hydrogen (secondary N) is 1. The molecule has 1 aliphatic rings. The normalized spacial score (nSPS) is 16.0. The number of nitrogens with zero attached hydrogens (tertiary/aromatic N) is 1. The van der Waals surface area contributed by atoms with Gasteiger partial charge < -0.3 is 14.8 Å². The van der Waals surface area contributed by atoms with E-state index in [2.05, 4.69) is 5.32 Å². The zero-order valence-corrected chi connectivity index (χ0v) is 15.2. The van der Waals surface area contributed by atoms with Crippen molar-refractivity contribution in [3.8, 4) is 11.5 Å². The highest BCUT2D eigenvalue weighted by Crippen LogP contribution is 2.31. The van der Waals surface area contributed by atoms with Gasteiger partial charge in [0.2, 0.25) is 6.10 Å². The SMILES string of the molecule is CC(C)n1c(=O)sc2cc(NC(=O)[C@@H]3COc4ccccc4O3)ccc21. The molecular formula is C19H18N2O4S. The van der Waals surface area contributed by atoms with Crippen LogP contribution < -0.4 is 19.7 Å².